The van der Waals surface area contributed by atoms with E-state index in [4.69, 9.17) is 4.74 Å². The molecule has 0 spiro atoms. The molecule has 1 aliphatic carbocycles. The van der Waals surface area contributed by atoms with Crippen LogP contribution in [0.2, 0.25) is 0 Å². The largest absolute Gasteiger partial charge is 0.464 e. The van der Waals surface area contributed by atoms with Gasteiger partial charge in [0.05, 0.1) is 19.8 Å². The molecule has 1 aromatic carbocycles. The van der Waals surface area contributed by atoms with Gasteiger partial charge in [0, 0.05) is 12.1 Å². The zero-order chi connectivity index (χ0) is 26.3. The number of benzene rings is 1. The number of aromatic nitrogens is 1. The predicted molar refractivity (Wildman–Crippen MR) is 128 cm³/mol. The molecular weight excluding hydrogens is 473 g/mol. The van der Waals surface area contributed by atoms with Crippen molar-refractivity contribution < 1.29 is 28.6 Å². The maximum Gasteiger partial charge on any atom is 0.331 e. The lowest BCUT2D eigenvalue weighted by atomic mass is 9.96. The second-order valence-corrected chi connectivity index (χ2v) is 8.85. The third-order valence-corrected chi connectivity index (χ3v) is 6.37. The normalized spacial score (nSPS) is 14.3. The van der Waals surface area contributed by atoms with Crippen LogP contribution in [0.1, 0.15) is 66.2 Å². The SMILES string of the molecule is CCc1c(C)cc(C(=O)NC2(C(=O)OCCCO[N+](=O)[O-])CCCC2)c(=O)n1Cc1ccc(F)cc1. The Morgan fingerprint density at radius 2 is 1.86 bits per heavy atom. The monoisotopic (exact) mass is 503 g/mol. The summed E-state index contributed by atoms with van der Waals surface area (Å²) < 4.78 is 20.1. The lowest BCUT2D eigenvalue weighted by Gasteiger charge is -2.28. The van der Waals surface area contributed by atoms with E-state index in [1.807, 2.05) is 13.8 Å². The van der Waals surface area contributed by atoms with E-state index in [1.54, 1.807) is 12.1 Å². The molecule has 2 aromatic rings. The number of halogens is 1. The summed E-state index contributed by atoms with van der Waals surface area (Å²) in [5.41, 5.74) is 0.350. The van der Waals surface area contributed by atoms with E-state index in [0.717, 1.165) is 11.3 Å². The van der Waals surface area contributed by atoms with Gasteiger partial charge in [-0.2, -0.15) is 0 Å². The molecule has 1 fully saturated rings. The van der Waals surface area contributed by atoms with Gasteiger partial charge in [0.1, 0.15) is 16.9 Å². The molecule has 0 radical (unpaired) electrons. The lowest BCUT2D eigenvalue weighted by molar-refractivity contribution is -0.757. The van der Waals surface area contributed by atoms with Crippen molar-refractivity contribution in [1.29, 1.82) is 0 Å². The van der Waals surface area contributed by atoms with Crippen LogP contribution in [0.4, 0.5) is 4.39 Å². The van der Waals surface area contributed by atoms with E-state index in [1.165, 1.54) is 22.8 Å². The Hall–Kier alpha value is -3.76. The molecule has 3 rings (SSSR count). The summed E-state index contributed by atoms with van der Waals surface area (Å²) in [5, 5.41) is 12.1. The Kier molecular flexibility index (Phi) is 8.78. The quantitative estimate of drug-likeness (QED) is 0.216. The Bertz CT molecular complexity index is 1170. The molecule has 1 heterocycles. The van der Waals surface area contributed by atoms with Gasteiger partial charge in [0.2, 0.25) is 0 Å². The molecule has 1 amide bonds. The number of carbonyl (C=O) groups excluding carboxylic acids is 2. The highest BCUT2D eigenvalue weighted by atomic mass is 19.1. The van der Waals surface area contributed by atoms with Crippen LogP contribution in [0.3, 0.4) is 0 Å². The standard InChI is InChI=1S/C25H30FN3O7/c1-3-21-17(2)15-20(23(31)28(21)16-18-7-9-19(26)10-8-18)22(30)27-25(11-4-5-12-25)24(32)35-13-6-14-36-29(33)34/h7-10,15H,3-6,11-14,16H2,1-2H3,(H,27,30). The third kappa shape index (κ3) is 6.27. The van der Waals surface area contributed by atoms with E-state index in [-0.39, 0.29) is 37.6 Å². The minimum Gasteiger partial charge on any atom is -0.464 e. The van der Waals surface area contributed by atoms with E-state index < -0.39 is 28.1 Å². The number of ether oxygens (including phenoxy) is 1. The Morgan fingerprint density at radius 1 is 1.19 bits per heavy atom. The van der Waals surface area contributed by atoms with E-state index in [2.05, 4.69) is 10.2 Å². The van der Waals surface area contributed by atoms with Gasteiger partial charge in [-0.1, -0.05) is 31.9 Å². The predicted octanol–water partition coefficient (Wildman–Crippen LogP) is 3.09. The van der Waals surface area contributed by atoms with Crippen LogP contribution in [-0.4, -0.2) is 40.3 Å². The molecule has 0 bridgehead atoms. The van der Waals surface area contributed by atoms with Crippen LogP contribution in [-0.2, 0) is 27.3 Å². The average Bonchev–Trinajstić information content (AvgIpc) is 3.31. The number of nitrogens with zero attached hydrogens (tertiary/aromatic N) is 2. The second-order valence-electron chi connectivity index (χ2n) is 8.85. The molecule has 1 N–H and O–H groups in total. The van der Waals surface area contributed by atoms with Gasteiger partial charge in [-0.3, -0.25) is 9.59 Å². The van der Waals surface area contributed by atoms with Crippen LogP contribution >= 0.6 is 0 Å². The summed E-state index contributed by atoms with van der Waals surface area (Å²) in [6, 6.07) is 7.33. The molecule has 1 saturated carbocycles. The molecule has 11 heteroatoms. The first-order valence-electron chi connectivity index (χ1n) is 11.9. The molecule has 0 saturated heterocycles. The minimum absolute atomic E-state index is 0.0923. The Morgan fingerprint density at radius 3 is 2.47 bits per heavy atom. The van der Waals surface area contributed by atoms with Crippen molar-refractivity contribution in [2.45, 2.75) is 64.5 Å². The van der Waals surface area contributed by atoms with Gasteiger partial charge in [-0.15, -0.1) is 10.1 Å². The van der Waals surface area contributed by atoms with Gasteiger partial charge in [-0.05, 0) is 55.5 Å². The smallest absolute Gasteiger partial charge is 0.331 e. The zero-order valence-electron chi connectivity index (χ0n) is 20.4. The Balaban J connectivity index is 1.82. The maximum atomic E-state index is 13.4. The summed E-state index contributed by atoms with van der Waals surface area (Å²) in [5.74, 6) is -1.69. The van der Waals surface area contributed by atoms with E-state index in [0.29, 0.717) is 37.7 Å². The van der Waals surface area contributed by atoms with Crippen LogP contribution < -0.4 is 10.9 Å². The Labute approximate surface area is 207 Å². The maximum absolute atomic E-state index is 13.4. The summed E-state index contributed by atoms with van der Waals surface area (Å²) in [4.78, 5) is 54.0. The molecular formula is C25H30FN3O7. The van der Waals surface area contributed by atoms with Crippen LogP contribution in [0.5, 0.6) is 0 Å². The number of esters is 1. The summed E-state index contributed by atoms with van der Waals surface area (Å²) in [7, 11) is 0. The topological polar surface area (TPSA) is 130 Å². The number of hydrogen-bond acceptors (Lipinski definition) is 7. The highest BCUT2D eigenvalue weighted by molar-refractivity contribution is 5.98. The summed E-state index contributed by atoms with van der Waals surface area (Å²) in [6.45, 7) is 3.57. The average molecular weight is 504 g/mol. The fraction of sp³-hybridized carbons (Fsp3) is 0.480. The number of carbonyl (C=O) groups is 2. The van der Waals surface area contributed by atoms with Gasteiger partial charge >= 0.3 is 5.97 Å². The van der Waals surface area contributed by atoms with Crippen molar-refractivity contribution in [3.05, 3.63) is 79.0 Å². The molecule has 194 valence electrons. The summed E-state index contributed by atoms with van der Waals surface area (Å²) >= 11 is 0. The van der Waals surface area contributed by atoms with Crippen LogP contribution in [0, 0.1) is 22.9 Å². The molecule has 1 aromatic heterocycles. The second kappa shape index (κ2) is 11.8. The molecule has 36 heavy (non-hydrogen) atoms. The highest BCUT2D eigenvalue weighted by Gasteiger charge is 2.44. The zero-order valence-corrected chi connectivity index (χ0v) is 20.4. The third-order valence-electron chi connectivity index (χ3n) is 6.37. The van der Waals surface area contributed by atoms with E-state index in [9.17, 15) is 28.9 Å². The van der Waals surface area contributed by atoms with Gasteiger partial charge in [0.25, 0.3) is 16.6 Å². The molecule has 0 atom stereocenters. The lowest BCUT2D eigenvalue weighted by Crippen LogP contribution is -2.54. The number of pyridine rings is 1. The van der Waals surface area contributed by atoms with Crippen LogP contribution in [0.25, 0.3) is 0 Å². The van der Waals surface area contributed by atoms with Gasteiger partial charge in [0.15, 0.2) is 0 Å². The van der Waals surface area contributed by atoms with Gasteiger partial charge in [-0.25, -0.2) is 9.18 Å². The minimum atomic E-state index is -1.27. The van der Waals surface area contributed by atoms with Crippen molar-refractivity contribution in [3.63, 3.8) is 0 Å². The van der Waals surface area contributed by atoms with Crippen molar-refractivity contribution in [3.8, 4) is 0 Å². The molecule has 10 nitrogen and oxygen atoms in total. The van der Waals surface area contributed by atoms with Crippen LogP contribution in [0.15, 0.2) is 35.1 Å². The number of rotatable bonds is 11. The first kappa shape index (κ1) is 26.8. The van der Waals surface area contributed by atoms with Crippen molar-refractivity contribution >= 4 is 11.9 Å². The number of amides is 1. The molecule has 0 aliphatic heterocycles. The molecule has 1 aliphatic rings. The fourth-order valence-electron chi connectivity index (χ4n) is 4.56. The fourth-order valence-corrected chi connectivity index (χ4v) is 4.56. The highest BCUT2D eigenvalue weighted by Crippen LogP contribution is 2.31. The van der Waals surface area contributed by atoms with Crippen molar-refractivity contribution in [1.82, 2.24) is 9.88 Å². The summed E-state index contributed by atoms with van der Waals surface area (Å²) in [6.07, 6.45) is 2.80. The first-order chi connectivity index (χ1) is 17.2. The van der Waals surface area contributed by atoms with Gasteiger partial charge < -0.3 is 19.5 Å². The van der Waals surface area contributed by atoms with E-state index >= 15 is 0 Å². The van der Waals surface area contributed by atoms with Crippen molar-refractivity contribution in [2.24, 2.45) is 0 Å². The number of hydrogen-bond donors (Lipinski definition) is 1. The molecule has 0 unspecified atom stereocenters. The number of nitrogens with one attached hydrogen (secondary N) is 1. The van der Waals surface area contributed by atoms with Crippen molar-refractivity contribution in [2.75, 3.05) is 13.2 Å². The first-order valence-corrected chi connectivity index (χ1v) is 11.9. The number of aryl methyl sites for hydroxylation is 1.